The smallest absolute Gasteiger partial charge is 0.0230 e. The molecule has 3 heteroatoms. The first kappa shape index (κ1) is 15.5. The van der Waals surface area contributed by atoms with E-state index in [-0.39, 0.29) is 0 Å². The summed E-state index contributed by atoms with van der Waals surface area (Å²) in [7, 11) is 6.48. The zero-order valence-corrected chi connectivity index (χ0v) is 13.2. The van der Waals surface area contributed by atoms with Gasteiger partial charge >= 0.3 is 0 Å². The molecule has 1 aliphatic rings. The van der Waals surface area contributed by atoms with Crippen LogP contribution in [0.4, 0.5) is 0 Å². The fraction of sp³-hybridized carbons (Fsp3) is 0.647. The van der Waals surface area contributed by atoms with Gasteiger partial charge < -0.3 is 15.1 Å². The van der Waals surface area contributed by atoms with E-state index in [4.69, 9.17) is 0 Å². The van der Waals surface area contributed by atoms with E-state index in [2.05, 4.69) is 60.5 Å². The van der Waals surface area contributed by atoms with Gasteiger partial charge in [0, 0.05) is 19.1 Å². The van der Waals surface area contributed by atoms with E-state index < -0.39 is 0 Å². The quantitative estimate of drug-likeness (QED) is 0.746. The van der Waals surface area contributed by atoms with Crippen molar-refractivity contribution in [2.75, 3.05) is 34.2 Å². The van der Waals surface area contributed by atoms with Crippen LogP contribution in [0.5, 0.6) is 0 Å². The predicted molar refractivity (Wildman–Crippen MR) is 85.8 cm³/mol. The summed E-state index contributed by atoms with van der Waals surface area (Å²) in [5.74, 6) is 0. The Kier molecular flexibility index (Phi) is 6.02. The highest BCUT2D eigenvalue weighted by molar-refractivity contribution is 5.23. The summed E-state index contributed by atoms with van der Waals surface area (Å²) < 4.78 is 0. The van der Waals surface area contributed by atoms with Gasteiger partial charge in [-0.05, 0) is 64.6 Å². The molecule has 0 radical (unpaired) electrons. The second-order valence-corrected chi connectivity index (χ2v) is 6.37. The molecule has 1 fully saturated rings. The van der Waals surface area contributed by atoms with Crippen LogP contribution in [0.2, 0.25) is 0 Å². The Morgan fingerprint density at radius 1 is 1.10 bits per heavy atom. The van der Waals surface area contributed by atoms with Gasteiger partial charge in [-0.25, -0.2) is 0 Å². The summed E-state index contributed by atoms with van der Waals surface area (Å²) in [5.41, 5.74) is 2.84. The van der Waals surface area contributed by atoms with E-state index in [1.165, 1.54) is 30.4 Å². The molecule has 0 amide bonds. The van der Waals surface area contributed by atoms with Crippen molar-refractivity contribution in [3.8, 4) is 0 Å². The molecule has 20 heavy (non-hydrogen) atoms. The normalized spacial score (nSPS) is 15.2. The minimum absolute atomic E-state index is 0.785. The van der Waals surface area contributed by atoms with Gasteiger partial charge in [-0.3, -0.25) is 0 Å². The van der Waals surface area contributed by atoms with E-state index in [0.717, 1.165) is 32.2 Å². The zero-order chi connectivity index (χ0) is 14.4. The van der Waals surface area contributed by atoms with Crippen molar-refractivity contribution < 1.29 is 0 Å². The topological polar surface area (TPSA) is 18.5 Å². The lowest BCUT2D eigenvalue weighted by Crippen LogP contribution is -2.23. The van der Waals surface area contributed by atoms with Gasteiger partial charge in [0.05, 0.1) is 0 Å². The second-order valence-electron chi connectivity index (χ2n) is 6.37. The fourth-order valence-electron chi connectivity index (χ4n) is 2.44. The highest BCUT2D eigenvalue weighted by Gasteiger charge is 2.19. The van der Waals surface area contributed by atoms with Crippen LogP contribution in [0.25, 0.3) is 0 Å². The molecule has 1 saturated carbocycles. The lowest BCUT2D eigenvalue weighted by atomic mass is 10.1. The fourth-order valence-corrected chi connectivity index (χ4v) is 2.44. The lowest BCUT2D eigenvalue weighted by Gasteiger charge is -2.18. The first-order valence-corrected chi connectivity index (χ1v) is 7.78. The average molecular weight is 275 g/mol. The number of nitrogens with one attached hydrogen (secondary N) is 1. The second kappa shape index (κ2) is 7.77. The molecule has 0 heterocycles. The van der Waals surface area contributed by atoms with Crippen LogP contribution in [-0.2, 0) is 13.1 Å². The molecule has 3 nitrogen and oxygen atoms in total. The van der Waals surface area contributed by atoms with Crippen molar-refractivity contribution in [1.82, 2.24) is 15.1 Å². The molecule has 0 unspecified atom stereocenters. The van der Waals surface area contributed by atoms with Gasteiger partial charge in [-0.2, -0.15) is 0 Å². The molecule has 0 atom stereocenters. The van der Waals surface area contributed by atoms with E-state index in [0.29, 0.717) is 0 Å². The van der Waals surface area contributed by atoms with Gasteiger partial charge in [-0.1, -0.05) is 24.3 Å². The van der Waals surface area contributed by atoms with Crippen molar-refractivity contribution in [1.29, 1.82) is 0 Å². The summed E-state index contributed by atoms with van der Waals surface area (Å²) >= 11 is 0. The van der Waals surface area contributed by atoms with Gasteiger partial charge in [0.1, 0.15) is 0 Å². The Hall–Kier alpha value is -0.900. The monoisotopic (exact) mass is 275 g/mol. The van der Waals surface area contributed by atoms with Crippen LogP contribution >= 0.6 is 0 Å². The Labute approximate surface area is 124 Å². The Morgan fingerprint density at radius 3 is 2.55 bits per heavy atom. The first-order chi connectivity index (χ1) is 9.63. The van der Waals surface area contributed by atoms with Crippen LogP contribution in [0.3, 0.4) is 0 Å². The first-order valence-electron chi connectivity index (χ1n) is 7.78. The SMILES string of the molecule is CN(C)CCCN(C)Cc1cccc(CNC2CC2)c1. The minimum Gasteiger partial charge on any atom is -0.310 e. The molecule has 0 aromatic heterocycles. The number of nitrogens with zero attached hydrogens (tertiary/aromatic N) is 2. The minimum atomic E-state index is 0.785. The molecular weight excluding hydrogens is 246 g/mol. The van der Waals surface area contributed by atoms with Crippen molar-refractivity contribution in [2.45, 2.75) is 38.4 Å². The van der Waals surface area contributed by atoms with Gasteiger partial charge in [-0.15, -0.1) is 0 Å². The molecule has 1 aliphatic carbocycles. The summed E-state index contributed by atoms with van der Waals surface area (Å²) in [4.78, 5) is 4.66. The van der Waals surface area contributed by atoms with Crippen molar-refractivity contribution in [2.24, 2.45) is 0 Å². The number of hydrogen-bond donors (Lipinski definition) is 1. The highest BCUT2D eigenvalue weighted by atomic mass is 15.1. The van der Waals surface area contributed by atoms with Gasteiger partial charge in [0.2, 0.25) is 0 Å². The largest absolute Gasteiger partial charge is 0.310 e. The molecule has 0 bridgehead atoms. The Bertz CT molecular complexity index is 399. The summed E-state index contributed by atoms with van der Waals surface area (Å²) in [6.45, 7) is 4.38. The van der Waals surface area contributed by atoms with Crippen LogP contribution in [0.15, 0.2) is 24.3 Å². The highest BCUT2D eigenvalue weighted by Crippen LogP contribution is 2.19. The maximum absolute atomic E-state index is 3.58. The molecule has 0 aliphatic heterocycles. The number of hydrogen-bond acceptors (Lipinski definition) is 3. The maximum Gasteiger partial charge on any atom is 0.0230 e. The van der Waals surface area contributed by atoms with Crippen molar-refractivity contribution in [3.63, 3.8) is 0 Å². The Balaban J connectivity index is 1.74. The standard InChI is InChI=1S/C17H29N3/c1-19(2)10-5-11-20(3)14-16-7-4-6-15(12-16)13-18-17-8-9-17/h4,6-7,12,17-18H,5,8-11,13-14H2,1-3H3. The third-order valence-electron chi connectivity index (χ3n) is 3.76. The molecule has 112 valence electrons. The molecule has 1 N–H and O–H groups in total. The average Bonchev–Trinajstić information content (AvgIpc) is 3.20. The number of rotatable bonds is 9. The van der Waals surface area contributed by atoms with Crippen molar-refractivity contribution >= 4 is 0 Å². The van der Waals surface area contributed by atoms with E-state index in [9.17, 15) is 0 Å². The third kappa shape index (κ3) is 6.04. The third-order valence-corrected chi connectivity index (χ3v) is 3.76. The zero-order valence-electron chi connectivity index (χ0n) is 13.2. The lowest BCUT2D eigenvalue weighted by molar-refractivity contribution is 0.294. The van der Waals surface area contributed by atoms with Gasteiger partial charge in [0.25, 0.3) is 0 Å². The summed E-state index contributed by atoms with van der Waals surface area (Å²) in [6, 6.07) is 9.78. The van der Waals surface area contributed by atoms with E-state index in [1.807, 2.05) is 0 Å². The van der Waals surface area contributed by atoms with E-state index >= 15 is 0 Å². The summed E-state index contributed by atoms with van der Waals surface area (Å²) in [6.07, 6.45) is 3.94. The predicted octanol–water partition coefficient (Wildman–Crippen LogP) is 2.32. The molecule has 0 saturated heterocycles. The summed E-state index contributed by atoms with van der Waals surface area (Å²) in [5, 5.41) is 3.58. The van der Waals surface area contributed by atoms with Crippen LogP contribution < -0.4 is 5.32 Å². The molecule has 1 aromatic carbocycles. The molecular formula is C17H29N3. The van der Waals surface area contributed by atoms with Crippen LogP contribution in [0.1, 0.15) is 30.4 Å². The molecule has 2 rings (SSSR count). The van der Waals surface area contributed by atoms with Gasteiger partial charge in [0.15, 0.2) is 0 Å². The van der Waals surface area contributed by atoms with Crippen LogP contribution in [0, 0.1) is 0 Å². The molecule has 1 aromatic rings. The maximum atomic E-state index is 3.58. The van der Waals surface area contributed by atoms with E-state index in [1.54, 1.807) is 0 Å². The molecule has 0 spiro atoms. The van der Waals surface area contributed by atoms with Crippen LogP contribution in [-0.4, -0.2) is 50.1 Å². The van der Waals surface area contributed by atoms with Crippen molar-refractivity contribution in [3.05, 3.63) is 35.4 Å². The number of benzene rings is 1. The Morgan fingerprint density at radius 2 is 1.85 bits per heavy atom.